The average Bonchev–Trinajstić information content (AvgIpc) is 2.37. The molecule has 1 aromatic carbocycles. The van der Waals surface area contributed by atoms with Gasteiger partial charge in [0.1, 0.15) is 5.92 Å². The number of nitriles is 1. The molecule has 0 aliphatic heterocycles. The van der Waals surface area contributed by atoms with E-state index in [1.807, 2.05) is 31.2 Å². The van der Waals surface area contributed by atoms with E-state index in [0.29, 0.717) is 6.42 Å². The minimum atomic E-state index is -0.673. The quantitative estimate of drug-likeness (QED) is 0.814. The topological polar surface area (TPSA) is 50.1 Å². The number of methoxy groups -OCH3 is 1. The van der Waals surface area contributed by atoms with Gasteiger partial charge in [0.05, 0.1) is 11.7 Å². The SMILES string of the molecule is COC1(CC(=O)C(C#N)c2ccc(C)cc2)CCC1. The van der Waals surface area contributed by atoms with Crippen molar-refractivity contribution in [2.24, 2.45) is 0 Å². The standard InChI is InChI=1S/C16H19NO2/c1-12-4-6-13(7-5-12)14(11-17)15(18)10-16(19-2)8-3-9-16/h4-7,14H,3,8-10H2,1-2H3. The molecule has 1 aliphatic carbocycles. The molecule has 0 spiro atoms. The van der Waals surface area contributed by atoms with Gasteiger partial charge in [0, 0.05) is 13.5 Å². The van der Waals surface area contributed by atoms with Crippen LogP contribution in [0, 0.1) is 18.3 Å². The molecule has 0 bridgehead atoms. The van der Waals surface area contributed by atoms with Crippen molar-refractivity contribution in [1.82, 2.24) is 0 Å². The number of hydrogen-bond acceptors (Lipinski definition) is 3. The number of ether oxygens (including phenoxy) is 1. The molecule has 1 aromatic rings. The zero-order valence-corrected chi connectivity index (χ0v) is 11.5. The van der Waals surface area contributed by atoms with Crippen molar-refractivity contribution < 1.29 is 9.53 Å². The minimum absolute atomic E-state index is 0.0343. The molecule has 100 valence electrons. The van der Waals surface area contributed by atoms with Gasteiger partial charge >= 0.3 is 0 Å². The van der Waals surface area contributed by atoms with E-state index in [-0.39, 0.29) is 11.4 Å². The van der Waals surface area contributed by atoms with Crippen LogP contribution < -0.4 is 0 Å². The molecule has 0 radical (unpaired) electrons. The van der Waals surface area contributed by atoms with Gasteiger partial charge in [-0.2, -0.15) is 5.26 Å². The Bertz CT molecular complexity index is 489. The summed E-state index contributed by atoms with van der Waals surface area (Å²) >= 11 is 0. The first-order valence-electron chi connectivity index (χ1n) is 6.64. The molecule has 0 N–H and O–H groups in total. The van der Waals surface area contributed by atoms with E-state index in [1.165, 1.54) is 0 Å². The van der Waals surface area contributed by atoms with E-state index in [0.717, 1.165) is 30.4 Å². The van der Waals surface area contributed by atoms with Crippen LogP contribution in [0.2, 0.25) is 0 Å². The van der Waals surface area contributed by atoms with Crippen LogP contribution in [0.25, 0.3) is 0 Å². The summed E-state index contributed by atoms with van der Waals surface area (Å²) in [6.07, 6.45) is 3.28. The maximum atomic E-state index is 12.3. The summed E-state index contributed by atoms with van der Waals surface area (Å²) in [6, 6.07) is 9.72. The van der Waals surface area contributed by atoms with E-state index in [9.17, 15) is 10.1 Å². The fourth-order valence-corrected chi connectivity index (χ4v) is 2.54. The van der Waals surface area contributed by atoms with Gasteiger partial charge in [-0.1, -0.05) is 29.8 Å². The molecule has 3 heteroatoms. The number of nitrogens with zero attached hydrogens (tertiary/aromatic N) is 1. The number of rotatable bonds is 5. The third-order valence-electron chi connectivity index (χ3n) is 4.06. The van der Waals surface area contributed by atoms with Crippen molar-refractivity contribution >= 4 is 5.78 Å². The lowest BCUT2D eigenvalue weighted by molar-refractivity contribution is -0.132. The Balaban J connectivity index is 2.11. The molecule has 3 nitrogen and oxygen atoms in total. The van der Waals surface area contributed by atoms with Gasteiger partial charge in [-0.3, -0.25) is 4.79 Å². The smallest absolute Gasteiger partial charge is 0.157 e. The van der Waals surface area contributed by atoms with Crippen LogP contribution in [0.1, 0.15) is 42.7 Å². The summed E-state index contributed by atoms with van der Waals surface area (Å²) in [5.41, 5.74) is 1.60. The molecule has 1 saturated carbocycles. The second kappa shape index (κ2) is 5.54. The molecule has 0 heterocycles. The zero-order valence-electron chi connectivity index (χ0n) is 11.5. The van der Waals surface area contributed by atoms with E-state index in [4.69, 9.17) is 4.74 Å². The Morgan fingerprint density at radius 1 is 1.42 bits per heavy atom. The second-order valence-corrected chi connectivity index (χ2v) is 5.36. The summed E-state index contributed by atoms with van der Waals surface area (Å²) in [5, 5.41) is 9.27. The Morgan fingerprint density at radius 3 is 2.47 bits per heavy atom. The second-order valence-electron chi connectivity index (χ2n) is 5.36. The maximum absolute atomic E-state index is 12.3. The lowest BCUT2D eigenvalue weighted by Gasteiger charge is -2.40. The number of Topliss-reactive ketones (excluding diaryl/α,β-unsaturated/α-hetero) is 1. The maximum Gasteiger partial charge on any atom is 0.157 e. The van der Waals surface area contributed by atoms with Gasteiger partial charge in [0.2, 0.25) is 0 Å². The highest BCUT2D eigenvalue weighted by molar-refractivity contribution is 5.89. The van der Waals surface area contributed by atoms with Crippen molar-refractivity contribution in [2.45, 2.75) is 44.1 Å². The van der Waals surface area contributed by atoms with Crippen molar-refractivity contribution in [2.75, 3.05) is 7.11 Å². The molecule has 1 aliphatic rings. The molecular formula is C16H19NO2. The zero-order chi connectivity index (χ0) is 13.9. The Labute approximate surface area is 114 Å². The molecular weight excluding hydrogens is 238 g/mol. The van der Waals surface area contributed by atoms with E-state index in [1.54, 1.807) is 7.11 Å². The summed E-state index contributed by atoms with van der Waals surface area (Å²) in [6.45, 7) is 1.99. The minimum Gasteiger partial charge on any atom is -0.378 e. The van der Waals surface area contributed by atoms with Gasteiger partial charge in [0.25, 0.3) is 0 Å². The number of aryl methyl sites for hydroxylation is 1. The van der Waals surface area contributed by atoms with Crippen molar-refractivity contribution in [1.29, 1.82) is 5.26 Å². The van der Waals surface area contributed by atoms with Gasteiger partial charge < -0.3 is 4.74 Å². The van der Waals surface area contributed by atoms with Crippen molar-refractivity contribution in [3.8, 4) is 6.07 Å². The van der Waals surface area contributed by atoms with Gasteiger partial charge in [-0.25, -0.2) is 0 Å². The number of benzene rings is 1. The molecule has 0 saturated heterocycles. The number of carbonyl (C=O) groups is 1. The number of carbonyl (C=O) groups excluding carboxylic acids is 1. The number of ketones is 1. The predicted octanol–water partition coefficient (Wildman–Crippen LogP) is 3.13. The van der Waals surface area contributed by atoms with Crippen molar-refractivity contribution in [3.05, 3.63) is 35.4 Å². The van der Waals surface area contributed by atoms with Crippen LogP contribution in [-0.2, 0) is 9.53 Å². The summed E-state index contributed by atoms with van der Waals surface area (Å²) in [7, 11) is 1.65. The van der Waals surface area contributed by atoms with Crippen molar-refractivity contribution in [3.63, 3.8) is 0 Å². The van der Waals surface area contributed by atoms with Crippen LogP contribution in [0.15, 0.2) is 24.3 Å². The Hall–Kier alpha value is -1.66. The highest BCUT2D eigenvalue weighted by Gasteiger charge is 2.40. The monoisotopic (exact) mass is 257 g/mol. The highest BCUT2D eigenvalue weighted by Crippen LogP contribution is 2.39. The van der Waals surface area contributed by atoms with Crippen LogP contribution in [0.3, 0.4) is 0 Å². The van der Waals surface area contributed by atoms with Gasteiger partial charge in [-0.05, 0) is 31.7 Å². The van der Waals surface area contributed by atoms with Gasteiger partial charge in [-0.15, -0.1) is 0 Å². The lowest BCUT2D eigenvalue weighted by atomic mass is 9.74. The fourth-order valence-electron chi connectivity index (χ4n) is 2.54. The van der Waals surface area contributed by atoms with Crippen LogP contribution in [0.4, 0.5) is 0 Å². The molecule has 0 aromatic heterocycles. The summed E-state index contributed by atoms with van der Waals surface area (Å²) in [4.78, 5) is 12.3. The third kappa shape index (κ3) is 2.85. The fraction of sp³-hybridized carbons (Fsp3) is 0.500. The van der Waals surface area contributed by atoms with Crippen LogP contribution in [0.5, 0.6) is 0 Å². The Morgan fingerprint density at radius 2 is 2.05 bits per heavy atom. The average molecular weight is 257 g/mol. The largest absolute Gasteiger partial charge is 0.378 e. The van der Waals surface area contributed by atoms with E-state index >= 15 is 0 Å². The highest BCUT2D eigenvalue weighted by atomic mass is 16.5. The lowest BCUT2D eigenvalue weighted by Crippen LogP contribution is -2.42. The predicted molar refractivity (Wildman–Crippen MR) is 72.7 cm³/mol. The first-order chi connectivity index (χ1) is 9.10. The van der Waals surface area contributed by atoms with E-state index in [2.05, 4.69) is 6.07 Å². The first kappa shape index (κ1) is 13.8. The molecule has 1 atom stereocenters. The number of hydrogen-bond donors (Lipinski definition) is 0. The van der Waals surface area contributed by atoms with E-state index < -0.39 is 5.92 Å². The summed E-state index contributed by atoms with van der Waals surface area (Å²) < 4.78 is 5.46. The summed E-state index contributed by atoms with van der Waals surface area (Å²) in [5.74, 6) is -0.707. The molecule has 19 heavy (non-hydrogen) atoms. The molecule has 1 fully saturated rings. The molecule has 2 rings (SSSR count). The third-order valence-corrected chi connectivity index (χ3v) is 4.06. The van der Waals surface area contributed by atoms with Crippen LogP contribution in [-0.4, -0.2) is 18.5 Å². The molecule has 1 unspecified atom stereocenters. The van der Waals surface area contributed by atoms with Gasteiger partial charge in [0.15, 0.2) is 5.78 Å². The first-order valence-corrected chi connectivity index (χ1v) is 6.64. The Kier molecular flexibility index (Phi) is 4.01. The normalized spacial score (nSPS) is 18.2. The van der Waals surface area contributed by atoms with Crippen LogP contribution >= 0.6 is 0 Å². The molecule has 0 amide bonds.